The summed E-state index contributed by atoms with van der Waals surface area (Å²) in [6.45, 7) is 4.91. The fourth-order valence-corrected chi connectivity index (χ4v) is 6.78. The van der Waals surface area contributed by atoms with Gasteiger partial charge < -0.3 is 24.2 Å². The van der Waals surface area contributed by atoms with Crippen LogP contribution in [-0.4, -0.2) is 55.4 Å². The average Bonchev–Trinajstić information content (AvgIpc) is 3.24. The van der Waals surface area contributed by atoms with E-state index in [1.54, 1.807) is 18.4 Å². The summed E-state index contributed by atoms with van der Waals surface area (Å²) < 4.78 is 18.9. The van der Waals surface area contributed by atoms with Crippen molar-refractivity contribution in [2.45, 2.75) is 44.6 Å². The molecular formula is C28H37NO4S2. The Morgan fingerprint density at radius 3 is 2.40 bits per heavy atom. The first-order chi connectivity index (χ1) is 17.0. The van der Waals surface area contributed by atoms with Crippen LogP contribution in [0.15, 0.2) is 42.5 Å². The van der Waals surface area contributed by atoms with E-state index in [4.69, 9.17) is 14.2 Å². The predicted octanol–water partition coefficient (Wildman–Crippen LogP) is 6.92. The van der Waals surface area contributed by atoms with Crippen LogP contribution in [0.2, 0.25) is 0 Å². The number of unbranched alkanes of at least 4 members (excludes halogenated alkanes) is 2. The molecule has 2 aromatic carbocycles. The molecule has 0 saturated carbocycles. The standard InChI is InChI=1S/C28H37NO4S2/c1-4-5-6-15-29(2)16-17-32-21-7-9-22(10-8-21)33-26-24-12-11-23(31-3)20-25(24)35-27(26)28(30)13-18-34-19-14-28/h7-12,20,30H,4-6,13-19H2,1-3H3. The number of ether oxygens (including phenoxy) is 3. The molecule has 3 aromatic rings. The summed E-state index contributed by atoms with van der Waals surface area (Å²) in [6, 6.07) is 13.8. The molecule has 190 valence electrons. The third-order valence-electron chi connectivity index (χ3n) is 6.52. The Labute approximate surface area is 217 Å². The third kappa shape index (κ3) is 6.64. The number of nitrogens with zero attached hydrogens (tertiary/aromatic N) is 1. The lowest BCUT2D eigenvalue weighted by Crippen LogP contribution is -2.29. The van der Waals surface area contributed by atoms with Crippen LogP contribution in [0.1, 0.15) is 43.9 Å². The molecule has 1 aliphatic rings. The van der Waals surface area contributed by atoms with Crippen molar-refractivity contribution in [3.8, 4) is 23.0 Å². The Balaban J connectivity index is 1.47. The van der Waals surface area contributed by atoms with Crippen LogP contribution in [0.5, 0.6) is 23.0 Å². The van der Waals surface area contributed by atoms with Gasteiger partial charge in [0.05, 0.1) is 12.0 Å². The van der Waals surface area contributed by atoms with Gasteiger partial charge in [-0.05, 0) is 86.8 Å². The molecule has 5 nitrogen and oxygen atoms in total. The Morgan fingerprint density at radius 2 is 1.69 bits per heavy atom. The van der Waals surface area contributed by atoms with E-state index in [9.17, 15) is 5.11 Å². The van der Waals surface area contributed by atoms with E-state index in [2.05, 4.69) is 18.9 Å². The van der Waals surface area contributed by atoms with Crippen molar-refractivity contribution in [1.29, 1.82) is 0 Å². The normalized spacial score (nSPS) is 15.5. The maximum atomic E-state index is 11.5. The molecule has 4 rings (SSSR count). The highest BCUT2D eigenvalue weighted by atomic mass is 32.2. The molecular weight excluding hydrogens is 478 g/mol. The number of hydrogen-bond acceptors (Lipinski definition) is 7. The first-order valence-electron chi connectivity index (χ1n) is 12.5. The second-order valence-electron chi connectivity index (χ2n) is 9.20. The quantitative estimate of drug-likeness (QED) is 0.264. The van der Waals surface area contributed by atoms with Crippen molar-refractivity contribution in [2.75, 3.05) is 45.4 Å². The molecule has 1 aliphatic heterocycles. The molecule has 0 spiro atoms. The molecule has 0 bridgehead atoms. The van der Waals surface area contributed by atoms with E-state index in [-0.39, 0.29) is 0 Å². The van der Waals surface area contributed by atoms with Crippen molar-refractivity contribution in [2.24, 2.45) is 0 Å². The third-order valence-corrected chi connectivity index (χ3v) is 8.84. The maximum Gasteiger partial charge on any atom is 0.152 e. The molecule has 0 amide bonds. The zero-order valence-corrected chi connectivity index (χ0v) is 22.7. The molecule has 1 N–H and O–H groups in total. The fourth-order valence-electron chi connectivity index (χ4n) is 4.31. The van der Waals surface area contributed by atoms with E-state index in [1.165, 1.54) is 19.3 Å². The van der Waals surface area contributed by atoms with Gasteiger partial charge in [-0.1, -0.05) is 19.8 Å². The van der Waals surface area contributed by atoms with Gasteiger partial charge in [-0.3, -0.25) is 0 Å². The van der Waals surface area contributed by atoms with Gasteiger partial charge in [0.2, 0.25) is 0 Å². The lowest BCUT2D eigenvalue weighted by Gasteiger charge is -2.31. The van der Waals surface area contributed by atoms with Crippen LogP contribution in [0, 0.1) is 0 Å². The summed E-state index contributed by atoms with van der Waals surface area (Å²) in [5.74, 6) is 5.03. The minimum atomic E-state index is -0.857. The van der Waals surface area contributed by atoms with E-state index in [0.717, 1.165) is 75.4 Å². The van der Waals surface area contributed by atoms with Gasteiger partial charge in [0.1, 0.15) is 29.5 Å². The van der Waals surface area contributed by atoms with Crippen LogP contribution in [0.4, 0.5) is 0 Å². The minimum Gasteiger partial charge on any atom is -0.497 e. The first-order valence-corrected chi connectivity index (χ1v) is 14.5. The van der Waals surface area contributed by atoms with Crippen LogP contribution in [-0.2, 0) is 5.60 Å². The molecule has 35 heavy (non-hydrogen) atoms. The zero-order valence-electron chi connectivity index (χ0n) is 21.0. The zero-order chi connectivity index (χ0) is 24.7. The molecule has 0 atom stereocenters. The highest BCUT2D eigenvalue weighted by Crippen LogP contribution is 2.50. The van der Waals surface area contributed by atoms with Gasteiger partial charge in [0, 0.05) is 16.6 Å². The summed E-state index contributed by atoms with van der Waals surface area (Å²) in [5.41, 5.74) is -0.857. The number of benzene rings is 2. The maximum absolute atomic E-state index is 11.5. The summed E-state index contributed by atoms with van der Waals surface area (Å²) >= 11 is 3.50. The Morgan fingerprint density at radius 1 is 0.971 bits per heavy atom. The monoisotopic (exact) mass is 515 g/mol. The topological polar surface area (TPSA) is 51.2 Å². The molecule has 1 aromatic heterocycles. The summed E-state index contributed by atoms with van der Waals surface area (Å²) in [5, 5.41) is 12.5. The second kappa shape index (κ2) is 12.3. The van der Waals surface area contributed by atoms with Gasteiger partial charge in [-0.25, -0.2) is 0 Å². The van der Waals surface area contributed by atoms with E-state index < -0.39 is 5.60 Å². The number of rotatable bonds is 12. The average molecular weight is 516 g/mol. The number of aliphatic hydroxyl groups is 1. The lowest BCUT2D eigenvalue weighted by molar-refractivity contribution is 0.0302. The SMILES string of the molecule is CCCCCN(C)CCOc1ccc(Oc2c(C3(O)CCSCC3)sc3cc(OC)ccc23)cc1. The van der Waals surface area contributed by atoms with E-state index in [1.807, 2.05) is 54.2 Å². The van der Waals surface area contributed by atoms with Crippen molar-refractivity contribution in [3.05, 3.63) is 47.3 Å². The number of hydrogen-bond donors (Lipinski definition) is 1. The van der Waals surface area contributed by atoms with Crippen molar-refractivity contribution in [1.82, 2.24) is 4.90 Å². The molecule has 0 radical (unpaired) electrons. The van der Waals surface area contributed by atoms with Crippen molar-refractivity contribution in [3.63, 3.8) is 0 Å². The molecule has 2 heterocycles. The predicted molar refractivity (Wildman–Crippen MR) is 148 cm³/mol. The van der Waals surface area contributed by atoms with Crippen molar-refractivity contribution >= 4 is 33.2 Å². The van der Waals surface area contributed by atoms with Gasteiger partial charge in [-0.15, -0.1) is 11.3 Å². The highest BCUT2D eigenvalue weighted by Gasteiger charge is 2.37. The van der Waals surface area contributed by atoms with E-state index >= 15 is 0 Å². The Bertz CT molecular complexity index is 1080. The van der Waals surface area contributed by atoms with Crippen LogP contribution in [0.3, 0.4) is 0 Å². The Kier molecular flexibility index (Phi) is 9.22. The van der Waals surface area contributed by atoms with E-state index in [0.29, 0.717) is 6.61 Å². The molecule has 0 aliphatic carbocycles. The first kappa shape index (κ1) is 26.1. The summed E-state index contributed by atoms with van der Waals surface area (Å²) in [6.07, 6.45) is 5.22. The van der Waals surface area contributed by atoms with Gasteiger partial charge in [0.25, 0.3) is 0 Å². The van der Waals surface area contributed by atoms with Crippen LogP contribution >= 0.6 is 23.1 Å². The number of thioether (sulfide) groups is 1. The summed E-state index contributed by atoms with van der Waals surface area (Å²) in [4.78, 5) is 3.23. The number of likely N-dealkylation sites (N-methyl/N-ethyl adjacent to an activating group) is 1. The van der Waals surface area contributed by atoms with Gasteiger partial charge in [-0.2, -0.15) is 11.8 Å². The minimum absolute atomic E-state index is 0.662. The Hall–Kier alpha value is -1.93. The smallest absolute Gasteiger partial charge is 0.152 e. The second-order valence-corrected chi connectivity index (χ2v) is 11.5. The fraction of sp³-hybridized carbons (Fsp3) is 0.500. The number of thiophene rings is 1. The number of fused-ring (bicyclic) bond motifs is 1. The van der Waals surface area contributed by atoms with Crippen molar-refractivity contribution < 1.29 is 19.3 Å². The molecule has 0 unspecified atom stereocenters. The van der Waals surface area contributed by atoms with Gasteiger partial charge >= 0.3 is 0 Å². The van der Waals surface area contributed by atoms with Crippen LogP contribution < -0.4 is 14.2 Å². The van der Waals surface area contributed by atoms with Gasteiger partial charge in [0.15, 0.2) is 5.75 Å². The molecule has 7 heteroatoms. The summed E-state index contributed by atoms with van der Waals surface area (Å²) in [7, 11) is 3.82. The molecule has 1 fully saturated rings. The largest absolute Gasteiger partial charge is 0.497 e. The van der Waals surface area contributed by atoms with Crippen LogP contribution in [0.25, 0.3) is 10.1 Å². The number of methoxy groups -OCH3 is 1. The highest BCUT2D eigenvalue weighted by molar-refractivity contribution is 7.99. The molecule has 1 saturated heterocycles. The lowest BCUT2D eigenvalue weighted by atomic mass is 9.94.